The van der Waals surface area contributed by atoms with Crippen molar-refractivity contribution in [2.45, 2.75) is 32.4 Å². The molecule has 136 valence electrons. The first kappa shape index (κ1) is 17.8. The van der Waals surface area contributed by atoms with Crippen molar-refractivity contribution >= 4 is 11.8 Å². The van der Waals surface area contributed by atoms with E-state index >= 15 is 0 Å². The summed E-state index contributed by atoms with van der Waals surface area (Å²) in [4.78, 5) is 34.7. The summed E-state index contributed by atoms with van der Waals surface area (Å²) in [5.41, 5.74) is 1.95. The molecule has 7 nitrogen and oxygen atoms in total. The molecule has 1 N–H and O–H groups in total. The van der Waals surface area contributed by atoms with Crippen LogP contribution in [-0.4, -0.2) is 40.3 Å². The van der Waals surface area contributed by atoms with Crippen LogP contribution in [0.3, 0.4) is 0 Å². The molecule has 1 aliphatic rings. The summed E-state index contributed by atoms with van der Waals surface area (Å²) < 4.78 is 5.14. The first-order valence-corrected chi connectivity index (χ1v) is 8.59. The fourth-order valence-corrected chi connectivity index (χ4v) is 3.16. The molecule has 0 spiro atoms. The molecule has 3 rings (SSSR count). The molecule has 1 aliphatic heterocycles. The smallest absolute Gasteiger partial charge is 0.251 e. The van der Waals surface area contributed by atoms with Gasteiger partial charge in [0.25, 0.3) is 5.91 Å². The summed E-state index contributed by atoms with van der Waals surface area (Å²) in [6.45, 7) is 2.59. The number of likely N-dealkylation sites (tertiary alicyclic amines) is 1. The fraction of sp³-hybridized carbons (Fsp3) is 0.368. The number of rotatable bonds is 5. The Balaban J connectivity index is 1.67. The van der Waals surface area contributed by atoms with Gasteiger partial charge in [0, 0.05) is 19.0 Å². The van der Waals surface area contributed by atoms with Gasteiger partial charge in [-0.2, -0.15) is 0 Å². The van der Waals surface area contributed by atoms with Crippen molar-refractivity contribution in [1.29, 1.82) is 0 Å². The Labute approximate surface area is 152 Å². The molecule has 0 aliphatic carbocycles. The van der Waals surface area contributed by atoms with Crippen LogP contribution >= 0.6 is 0 Å². The monoisotopic (exact) mass is 354 g/mol. The van der Waals surface area contributed by atoms with Gasteiger partial charge in [-0.1, -0.05) is 6.07 Å². The van der Waals surface area contributed by atoms with Gasteiger partial charge < -0.3 is 15.0 Å². The van der Waals surface area contributed by atoms with E-state index in [4.69, 9.17) is 4.74 Å². The van der Waals surface area contributed by atoms with Gasteiger partial charge in [0.1, 0.15) is 5.75 Å². The van der Waals surface area contributed by atoms with E-state index in [-0.39, 0.29) is 24.4 Å². The highest BCUT2D eigenvalue weighted by atomic mass is 16.5. The highest BCUT2D eigenvalue weighted by molar-refractivity contribution is 5.94. The van der Waals surface area contributed by atoms with E-state index in [1.165, 1.54) is 0 Å². The highest BCUT2D eigenvalue weighted by Gasteiger charge is 2.29. The van der Waals surface area contributed by atoms with Crippen LogP contribution in [0.15, 0.2) is 36.7 Å². The molecule has 1 aromatic heterocycles. The third-order valence-electron chi connectivity index (χ3n) is 4.46. The lowest BCUT2D eigenvalue weighted by molar-refractivity contribution is -0.129. The van der Waals surface area contributed by atoms with E-state index in [0.29, 0.717) is 17.0 Å². The Kier molecular flexibility index (Phi) is 5.46. The maximum atomic E-state index is 12.3. The van der Waals surface area contributed by atoms with Gasteiger partial charge in [0.2, 0.25) is 5.91 Å². The standard InChI is InChI=1S/C19H22N4O3/c1-13(24)23-8-4-7-18(23)17-12-20-10-15(22-17)11-21-19(25)14-5-3-6-16(9-14)26-2/h3,5-6,9-10,12,18H,4,7-8,11H2,1-2H3,(H,21,25). The Morgan fingerprint density at radius 1 is 1.35 bits per heavy atom. The van der Waals surface area contributed by atoms with Crippen LogP contribution < -0.4 is 10.1 Å². The lowest BCUT2D eigenvalue weighted by atomic mass is 10.1. The second kappa shape index (κ2) is 7.95. The average Bonchev–Trinajstić information content (AvgIpc) is 3.16. The number of nitrogens with one attached hydrogen (secondary N) is 1. The fourth-order valence-electron chi connectivity index (χ4n) is 3.16. The molecule has 1 atom stereocenters. The van der Waals surface area contributed by atoms with Gasteiger partial charge in [-0.3, -0.25) is 19.6 Å². The molecule has 0 radical (unpaired) electrons. The van der Waals surface area contributed by atoms with Gasteiger partial charge >= 0.3 is 0 Å². The number of aromatic nitrogens is 2. The van der Waals surface area contributed by atoms with E-state index in [0.717, 1.165) is 25.1 Å². The van der Waals surface area contributed by atoms with E-state index < -0.39 is 0 Å². The van der Waals surface area contributed by atoms with Gasteiger partial charge in [-0.05, 0) is 31.0 Å². The lowest BCUT2D eigenvalue weighted by Crippen LogP contribution is -2.29. The zero-order valence-corrected chi connectivity index (χ0v) is 14.9. The Hall–Kier alpha value is -2.96. The first-order chi connectivity index (χ1) is 12.6. The molecule has 1 fully saturated rings. The number of amides is 2. The summed E-state index contributed by atoms with van der Waals surface area (Å²) >= 11 is 0. The van der Waals surface area contributed by atoms with Crippen LogP contribution in [0.2, 0.25) is 0 Å². The van der Waals surface area contributed by atoms with Crippen LogP contribution in [0.1, 0.15) is 47.6 Å². The number of hydrogen-bond donors (Lipinski definition) is 1. The van der Waals surface area contributed by atoms with Crippen LogP contribution in [0.4, 0.5) is 0 Å². The molecule has 0 bridgehead atoms. The number of ether oxygens (including phenoxy) is 1. The molecule has 2 amide bonds. The third kappa shape index (κ3) is 3.99. The van der Waals surface area contributed by atoms with Crippen molar-refractivity contribution in [2.24, 2.45) is 0 Å². The van der Waals surface area contributed by atoms with Gasteiger partial charge in [-0.25, -0.2) is 0 Å². The normalized spacial score (nSPS) is 16.4. The zero-order chi connectivity index (χ0) is 18.5. The summed E-state index contributed by atoms with van der Waals surface area (Å²) in [6.07, 6.45) is 5.17. The summed E-state index contributed by atoms with van der Waals surface area (Å²) in [7, 11) is 1.56. The summed E-state index contributed by atoms with van der Waals surface area (Å²) in [6, 6.07) is 6.93. The molecule has 0 saturated carbocycles. The van der Waals surface area contributed by atoms with Crippen molar-refractivity contribution in [3.8, 4) is 5.75 Å². The molecule has 1 unspecified atom stereocenters. The van der Waals surface area contributed by atoms with Gasteiger partial charge in [0.05, 0.1) is 43.5 Å². The predicted molar refractivity (Wildman–Crippen MR) is 95.6 cm³/mol. The van der Waals surface area contributed by atoms with Crippen molar-refractivity contribution in [3.63, 3.8) is 0 Å². The number of nitrogens with zero attached hydrogens (tertiary/aromatic N) is 3. The summed E-state index contributed by atoms with van der Waals surface area (Å²) in [5.74, 6) is 0.471. The number of carbonyl (C=O) groups excluding carboxylic acids is 2. The van der Waals surface area contributed by atoms with Crippen LogP contribution in [0.5, 0.6) is 5.75 Å². The second-order valence-electron chi connectivity index (χ2n) is 6.22. The molecule has 2 aromatic rings. The quantitative estimate of drug-likeness (QED) is 0.889. The molecule has 7 heteroatoms. The van der Waals surface area contributed by atoms with E-state index in [9.17, 15) is 9.59 Å². The Bertz CT molecular complexity index is 809. The highest BCUT2D eigenvalue weighted by Crippen LogP contribution is 2.30. The van der Waals surface area contributed by atoms with Crippen molar-refractivity contribution in [1.82, 2.24) is 20.2 Å². The third-order valence-corrected chi connectivity index (χ3v) is 4.46. The zero-order valence-electron chi connectivity index (χ0n) is 14.9. The van der Waals surface area contributed by atoms with Crippen molar-refractivity contribution in [3.05, 3.63) is 53.6 Å². The molecule has 2 heterocycles. The van der Waals surface area contributed by atoms with Crippen LogP contribution in [0.25, 0.3) is 0 Å². The summed E-state index contributed by atoms with van der Waals surface area (Å²) in [5, 5.41) is 2.84. The minimum atomic E-state index is -0.206. The second-order valence-corrected chi connectivity index (χ2v) is 6.22. The largest absolute Gasteiger partial charge is 0.497 e. The number of methoxy groups -OCH3 is 1. The molecular weight excluding hydrogens is 332 g/mol. The molecule has 26 heavy (non-hydrogen) atoms. The van der Waals surface area contributed by atoms with E-state index in [1.807, 2.05) is 4.90 Å². The van der Waals surface area contributed by atoms with E-state index in [2.05, 4.69) is 15.3 Å². The molecular formula is C19H22N4O3. The molecule has 1 aromatic carbocycles. The molecule has 1 saturated heterocycles. The predicted octanol–water partition coefficient (Wildman–Crippen LogP) is 2.10. The minimum Gasteiger partial charge on any atom is -0.497 e. The number of hydrogen-bond acceptors (Lipinski definition) is 5. The number of benzene rings is 1. The van der Waals surface area contributed by atoms with Crippen LogP contribution in [0, 0.1) is 0 Å². The first-order valence-electron chi connectivity index (χ1n) is 8.59. The van der Waals surface area contributed by atoms with Gasteiger partial charge in [-0.15, -0.1) is 0 Å². The van der Waals surface area contributed by atoms with E-state index in [1.54, 1.807) is 50.7 Å². The number of carbonyl (C=O) groups is 2. The van der Waals surface area contributed by atoms with Gasteiger partial charge in [0.15, 0.2) is 0 Å². The topological polar surface area (TPSA) is 84.4 Å². The Morgan fingerprint density at radius 3 is 2.96 bits per heavy atom. The maximum Gasteiger partial charge on any atom is 0.251 e. The Morgan fingerprint density at radius 2 is 2.19 bits per heavy atom. The van der Waals surface area contributed by atoms with Crippen molar-refractivity contribution in [2.75, 3.05) is 13.7 Å². The minimum absolute atomic E-state index is 0.0333. The van der Waals surface area contributed by atoms with Crippen molar-refractivity contribution < 1.29 is 14.3 Å². The lowest BCUT2D eigenvalue weighted by Gasteiger charge is -2.22. The average molecular weight is 354 g/mol. The SMILES string of the molecule is COc1cccc(C(=O)NCc2cncc(C3CCCN3C(C)=O)n2)c1. The van der Waals surface area contributed by atoms with Crippen LogP contribution in [-0.2, 0) is 11.3 Å². The maximum absolute atomic E-state index is 12.3.